The van der Waals surface area contributed by atoms with Crippen molar-refractivity contribution < 1.29 is 8.85 Å². The summed E-state index contributed by atoms with van der Waals surface area (Å²) in [6.45, 7) is 13.9. The first-order chi connectivity index (χ1) is 21.1. The molecule has 2 atom stereocenters. The Hall–Kier alpha value is -3.81. The molecule has 4 heteroatoms. The van der Waals surface area contributed by atoms with E-state index in [9.17, 15) is 0 Å². The Kier molecular flexibility index (Phi) is 5.89. The van der Waals surface area contributed by atoms with Crippen LogP contribution in [0.3, 0.4) is 0 Å². The number of hydrogen-bond donors (Lipinski definition) is 0. The molecular formula is C40H38O2Si2. The van der Waals surface area contributed by atoms with Gasteiger partial charge in [0.1, 0.15) is 11.2 Å². The van der Waals surface area contributed by atoms with Gasteiger partial charge in [-0.15, -0.1) is 0 Å². The van der Waals surface area contributed by atoms with Crippen LogP contribution in [-0.2, 0) is 20.1 Å². The zero-order chi connectivity index (χ0) is 30.5. The Balaban J connectivity index is 1.69. The van der Waals surface area contributed by atoms with Crippen LogP contribution in [-0.4, -0.2) is 16.6 Å². The van der Waals surface area contributed by atoms with Gasteiger partial charge in [-0.1, -0.05) is 121 Å². The minimum atomic E-state index is -2.29. The van der Waals surface area contributed by atoms with Gasteiger partial charge < -0.3 is 8.85 Å². The smallest absolute Gasteiger partial charge is 0.185 e. The molecule has 0 bridgehead atoms. The average Bonchev–Trinajstić information content (AvgIpc) is 3.00. The van der Waals surface area contributed by atoms with Crippen LogP contribution in [0.2, 0.25) is 39.3 Å². The van der Waals surface area contributed by atoms with Crippen molar-refractivity contribution in [2.45, 2.75) is 50.5 Å². The molecule has 0 amide bonds. The summed E-state index contributed by atoms with van der Waals surface area (Å²) in [4.78, 5) is 0. The third-order valence-corrected chi connectivity index (χ3v) is 11.0. The molecule has 8 rings (SSSR count). The molecule has 2 nitrogen and oxygen atoms in total. The molecule has 0 fully saturated rings. The zero-order valence-electron chi connectivity index (χ0n) is 26.4. The summed E-state index contributed by atoms with van der Waals surface area (Å²) in [7, 11) is -4.58. The summed E-state index contributed by atoms with van der Waals surface area (Å²) in [5.74, 6) is 0. The average molecular weight is 607 g/mol. The van der Waals surface area contributed by atoms with Crippen LogP contribution in [0.5, 0.6) is 0 Å². The first kappa shape index (κ1) is 27.7. The summed E-state index contributed by atoms with van der Waals surface area (Å²) in [5.41, 5.74) is 7.78. The van der Waals surface area contributed by atoms with Crippen molar-refractivity contribution in [2.75, 3.05) is 0 Å². The van der Waals surface area contributed by atoms with Gasteiger partial charge in [0, 0.05) is 0 Å². The van der Waals surface area contributed by atoms with Crippen molar-refractivity contribution in [3.05, 3.63) is 144 Å². The highest BCUT2D eigenvalue weighted by Crippen LogP contribution is 2.65. The highest BCUT2D eigenvalue weighted by atomic mass is 28.4. The molecule has 0 spiro atoms. The van der Waals surface area contributed by atoms with Gasteiger partial charge in [-0.25, -0.2) is 0 Å². The molecule has 0 unspecified atom stereocenters. The fraction of sp³-hybridized carbons (Fsp3) is 0.200. The topological polar surface area (TPSA) is 18.5 Å². The summed E-state index contributed by atoms with van der Waals surface area (Å²) in [6, 6.07) is 44.8. The maximum atomic E-state index is 7.97. The van der Waals surface area contributed by atoms with Crippen molar-refractivity contribution in [2.24, 2.45) is 0 Å². The molecule has 0 N–H and O–H groups in total. The lowest BCUT2D eigenvalue weighted by molar-refractivity contribution is -0.0864. The van der Waals surface area contributed by atoms with E-state index in [0.29, 0.717) is 0 Å². The third kappa shape index (κ3) is 3.72. The third-order valence-electron chi connectivity index (χ3n) is 9.18. The van der Waals surface area contributed by atoms with Crippen molar-refractivity contribution in [1.29, 1.82) is 0 Å². The summed E-state index contributed by atoms with van der Waals surface area (Å²) in [5, 5.41) is 4.97. The second-order valence-electron chi connectivity index (χ2n) is 14.3. The van der Waals surface area contributed by atoms with Crippen LogP contribution in [0.25, 0.3) is 43.8 Å². The first-order valence-corrected chi connectivity index (χ1v) is 22.5. The largest absolute Gasteiger partial charge is 0.401 e. The van der Waals surface area contributed by atoms with E-state index in [1.807, 2.05) is 0 Å². The van der Waals surface area contributed by atoms with Crippen LogP contribution in [0.4, 0.5) is 0 Å². The molecule has 218 valence electrons. The maximum absolute atomic E-state index is 7.97. The van der Waals surface area contributed by atoms with Gasteiger partial charge in [0.15, 0.2) is 16.6 Å². The van der Waals surface area contributed by atoms with E-state index in [-0.39, 0.29) is 0 Å². The predicted octanol–water partition coefficient (Wildman–Crippen LogP) is 10.8. The van der Waals surface area contributed by atoms with Crippen LogP contribution in [0.1, 0.15) is 22.3 Å². The zero-order valence-corrected chi connectivity index (χ0v) is 28.4. The maximum Gasteiger partial charge on any atom is 0.185 e. The van der Waals surface area contributed by atoms with Crippen LogP contribution in [0, 0.1) is 0 Å². The molecule has 2 aliphatic rings. The molecule has 6 aromatic carbocycles. The van der Waals surface area contributed by atoms with Gasteiger partial charge in [-0.2, -0.15) is 0 Å². The molecule has 6 aromatic rings. The molecule has 0 saturated heterocycles. The summed E-state index contributed by atoms with van der Waals surface area (Å²) in [6.07, 6.45) is 0. The predicted molar refractivity (Wildman–Crippen MR) is 189 cm³/mol. The van der Waals surface area contributed by atoms with Gasteiger partial charge >= 0.3 is 0 Å². The molecular weight excluding hydrogens is 569 g/mol. The van der Waals surface area contributed by atoms with Crippen molar-refractivity contribution in [1.82, 2.24) is 0 Å². The van der Waals surface area contributed by atoms with Gasteiger partial charge in [0.25, 0.3) is 0 Å². The molecule has 0 heterocycles. The van der Waals surface area contributed by atoms with E-state index in [0.717, 1.165) is 0 Å². The van der Waals surface area contributed by atoms with Crippen LogP contribution >= 0.6 is 0 Å². The lowest BCUT2D eigenvalue weighted by atomic mass is 9.58. The molecule has 44 heavy (non-hydrogen) atoms. The summed E-state index contributed by atoms with van der Waals surface area (Å²) < 4.78 is 15.9. The molecule has 0 aromatic heterocycles. The lowest BCUT2D eigenvalue weighted by Crippen LogP contribution is -2.62. The van der Waals surface area contributed by atoms with E-state index in [1.165, 1.54) is 66.1 Å². The van der Waals surface area contributed by atoms with Gasteiger partial charge in [0.2, 0.25) is 0 Å². The lowest BCUT2D eigenvalue weighted by Gasteiger charge is -2.59. The molecule has 0 radical (unpaired) electrons. The van der Waals surface area contributed by atoms with Crippen molar-refractivity contribution in [3.8, 4) is 22.3 Å². The normalized spacial score (nSPS) is 20.4. The first-order valence-electron chi connectivity index (χ1n) is 15.7. The Labute approximate surface area is 262 Å². The number of fused-ring (bicyclic) bond motifs is 4. The second-order valence-corrected chi connectivity index (χ2v) is 23.2. The highest BCUT2D eigenvalue weighted by molar-refractivity contribution is 6.70. The Morgan fingerprint density at radius 2 is 0.682 bits per heavy atom. The fourth-order valence-corrected chi connectivity index (χ4v) is 10.7. The Morgan fingerprint density at radius 1 is 0.364 bits per heavy atom. The van der Waals surface area contributed by atoms with E-state index in [4.69, 9.17) is 8.85 Å². The van der Waals surface area contributed by atoms with Crippen LogP contribution < -0.4 is 0 Å². The van der Waals surface area contributed by atoms with Crippen molar-refractivity contribution in [3.63, 3.8) is 0 Å². The quantitative estimate of drug-likeness (QED) is 0.182. The minimum absolute atomic E-state index is 0.958. The Morgan fingerprint density at radius 3 is 1.07 bits per heavy atom. The Bertz CT molecular complexity index is 1960. The van der Waals surface area contributed by atoms with Gasteiger partial charge in [-0.05, 0) is 105 Å². The second kappa shape index (κ2) is 9.35. The van der Waals surface area contributed by atoms with Crippen molar-refractivity contribution >= 4 is 38.2 Å². The van der Waals surface area contributed by atoms with E-state index < -0.39 is 27.8 Å². The number of rotatable bonds is 5. The highest BCUT2D eigenvalue weighted by Gasteiger charge is 2.64. The molecule has 2 aliphatic carbocycles. The molecule has 0 aliphatic heterocycles. The fourth-order valence-electron chi connectivity index (χ4n) is 8.10. The van der Waals surface area contributed by atoms with E-state index in [1.54, 1.807) is 0 Å². The van der Waals surface area contributed by atoms with Crippen LogP contribution in [0.15, 0.2) is 121 Å². The monoisotopic (exact) mass is 606 g/mol. The standard InChI is InChI=1S/C40H38O2Si2/c1-43(2,3)41-39(33-23-9-7-19-29(33)31-21-11-15-27-17-13-25-35(39)37(27)31)40(42-44(4,5)6)34-24-10-8-20-30(34)32-22-12-16-28-18-14-26-36(40)38(28)32/h7-26H,1-6H3/t39-,40-/m0/s1. The minimum Gasteiger partial charge on any atom is -0.401 e. The van der Waals surface area contributed by atoms with Gasteiger partial charge in [0.05, 0.1) is 0 Å². The van der Waals surface area contributed by atoms with E-state index in [2.05, 4.69) is 161 Å². The molecule has 0 saturated carbocycles. The van der Waals surface area contributed by atoms with E-state index >= 15 is 0 Å². The number of hydrogen-bond acceptors (Lipinski definition) is 2. The summed E-state index contributed by atoms with van der Waals surface area (Å²) >= 11 is 0. The number of benzene rings is 6. The SMILES string of the molecule is C[Si](C)(C)O[C@@]1([C@]2(O[Si](C)(C)C)c3ccccc3-c3cccc4cccc2c34)c2ccccc2-c2cccc3cccc1c23. The van der Waals surface area contributed by atoms with Gasteiger partial charge in [-0.3, -0.25) is 0 Å².